The van der Waals surface area contributed by atoms with Gasteiger partial charge in [0, 0.05) is 5.69 Å². The molecule has 0 heterocycles. The molecule has 0 aliphatic carbocycles. The van der Waals surface area contributed by atoms with Gasteiger partial charge in [0.2, 0.25) is 0 Å². The van der Waals surface area contributed by atoms with Crippen LogP contribution in [0.15, 0.2) is 113 Å². The SMILES string of the molecule is COc1ccc(NC(=O)COc2ccc(/C=N\NC(=O)CN(c3ccccc3OC)S(=O)(=O)c3ccccc3)cc2)cc1. The summed E-state index contributed by atoms with van der Waals surface area (Å²) in [5.74, 6) is 0.450. The zero-order valence-corrected chi connectivity index (χ0v) is 24.3. The largest absolute Gasteiger partial charge is 0.497 e. The van der Waals surface area contributed by atoms with E-state index >= 15 is 0 Å². The van der Waals surface area contributed by atoms with Crippen LogP contribution in [0.1, 0.15) is 5.56 Å². The summed E-state index contributed by atoms with van der Waals surface area (Å²) in [5.41, 5.74) is 3.83. The van der Waals surface area contributed by atoms with Crippen LogP contribution >= 0.6 is 0 Å². The van der Waals surface area contributed by atoms with E-state index in [0.717, 1.165) is 4.31 Å². The molecule has 11 nitrogen and oxygen atoms in total. The Hall–Kier alpha value is -5.36. The lowest BCUT2D eigenvalue weighted by Crippen LogP contribution is -2.39. The van der Waals surface area contributed by atoms with Crippen molar-refractivity contribution in [2.24, 2.45) is 5.10 Å². The van der Waals surface area contributed by atoms with Crippen molar-refractivity contribution >= 4 is 39.4 Å². The number of sulfonamides is 1. The minimum absolute atomic E-state index is 0.0257. The molecule has 0 unspecified atom stereocenters. The minimum Gasteiger partial charge on any atom is -0.497 e. The molecule has 0 atom stereocenters. The quantitative estimate of drug-likeness (QED) is 0.174. The van der Waals surface area contributed by atoms with Gasteiger partial charge in [-0.3, -0.25) is 13.9 Å². The lowest BCUT2D eigenvalue weighted by atomic mass is 10.2. The van der Waals surface area contributed by atoms with Gasteiger partial charge in [-0.1, -0.05) is 30.3 Å². The Morgan fingerprint density at radius 1 is 0.791 bits per heavy atom. The lowest BCUT2D eigenvalue weighted by molar-refractivity contribution is -0.119. The van der Waals surface area contributed by atoms with Gasteiger partial charge < -0.3 is 19.5 Å². The van der Waals surface area contributed by atoms with Gasteiger partial charge in [-0.25, -0.2) is 13.8 Å². The highest BCUT2D eigenvalue weighted by Gasteiger charge is 2.29. The van der Waals surface area contributed by atoms with Crippen LogP contribution in [0.4, 0.5) is 11.4 Å². The van der Waals surface area contributed by atoms with E-state index in [1.165, 1.54) is 25.5 Å². The smallest absolute Gasteiger partial charge is 0.264 e. The van der Waals surface area contributed by atoms with Crippen molar-refractivity contribution in [3.63, 3.8) is 0 Å². The van der Waals surface area contributed by atoms with Gasteiger partial charge in [0.15, 0.2) is 6.61 Å². The summed E-state index contributed by atoms with van der Waals surface area (Å²) in [4.78, 5) is 25.0. The average Bonchev–Trinajstić information content (AvgIpc) is 3.04. The summed E-state index contributed by atoms with van der Waals surface area (Å²) < 4.78 is 43.9. The Morgan fingerprint density at radius 2 is 1.44 bits per heavy atom. The number of amides is 2. The molecule has 0 saturated carbocycles. The summed E-state index contributed by atoms with van der Waals surface area (Å²) in [6.45, 7) is -0.732. The number of hydrogen-bond acceptors (Lipinski definition) is 8. The van der Waals surface area contributed by atoms with Crippen LogP contribution in [0, 0.1) is 0 Å². The van der Waals surface area contributed by atoms with Gasteiger partial charge in [-0.2, -0.15) is 5.10 Å². The van der Waals surface area contributed by atoms with E-state index in [9.17, 15) is 18.0 Å². The van der Waals surface area contributed by atoms with Crippen molar-refractivity contribution in [1.82, 2.24) is 5.43 Å². The molecule has 4 aromatic carbocycles. The van der Waals surface area contributed by atoms with Crippen LogP contribution in [0.5, 0.6) is 17.2 Å². The number of anilines is 2. The summed E-state index contributed by atoms with van der Waals surface area (Å²) in [7, 11) is -1.12. The topological polar surface area (TPSA) is 136 Å². The summed E-state index contributed by atoms with van der Waals surface area (Å²) in [5, 5.41) is 6.69. The van der Waals surface area contributed by atoms with Gasteiger partial charge in [-0.15, -0.1) is 0 Å². The zero-order chi connectivity index (χ0) is 30.7. The van der Waals surface area contributed by atoms with Crippen LogP contribution in [-0.4, -0.2) is 53.8 Å². The van der Waals surface area contributed by atoms with Crippen molar-refractivity contribution in [3.05, 3.63) is 109 Å². The molecule has 0 radical (unpaired) electrons. The maximum absolute atomic E-state index is 13.5. The van der Waals surface area contributed by atoms with Crippen molar-refractivity contribution in [2.45, 2.75) is 4.90 Å². The monoisotopic (exact) mass is 602 g/mol. The van der Waals surface area contributed by atoms with E-state index in [2.05, 4.69) is 15.8 Å². The predicted molar refractivity (Wildman–Crippen MR) is 163 cm³/mol. The molecule has 2 N–H and O–H groups in total. The molecule has 2 amide bonds. The molecule has 4 aromatic rings. The van der Waals surface area contributed by atoms with E-state index < -0.39 is 22.5 Å². The fourth-order valence-corrected chi connectivity index (χ4v) is 5.32. The molecular weight excluding hydrogens is 572 g/mol. The fraction of sp³-hybridized carbons (Fsp3) is 0.129. The first-order valence-electron chi connectivity index (χ1n) is 13.0. The van der Waals surface area contributed by atoms with Gasteiger partial charge in [0.1, 0.15) is 23.8 Å². The average molecular weight is 603 g/mol. The summed E-state index contributed by atoms with van der Waals surface area (Å²) in [6.07, 6.45) is 1.40. The summed E-state index contributed by atoms with van der Waals surface area (Å²) in [6, 6.07) is 27.9. The Morgan fingerprint density at radius 3 is 2.12 bits per heavy atom. The Labute approximate surface area is 249 Å². The van der Waals surface area contributed by atoms with Gasteiger partial charge in [0.05, 0.1) is 31.0 Å². The highest BCUT2D eigenvalue weighted by Crippen LogP contribution is 2.32. The van der Waals surface area contributed by atoms with Gasteiger partial charge in [-0.05, 0) is 78.4 Å². The van der Waals surface area contributed by atoms with Crippen molar-refractivity contribution in [2.75, 3.05) is 37.0 Å². The second kappa shape index (κ2) is 14.5. The number of nitrogens with zero attached hydrogens (tertiary/aromatic N) is 2. The Bertz CT molecular complexity index is 1660. The molecule has 0 spiro atoms. The van der Waals surface area contributed by atoms with Crippen molar-refractivity contribution < 1.29 is 32.2 Å². The van der Waals surface area contributed by atoms with Crippen molar-refractivity contribution in [1.29, 1.82) is 0 Å². The number of rotatable bonds is 13. The predicted octanol–water partition coefficient (Wildman–Crippen LogP) is 4.07. The maximum Gasteiger partial charge on any atom is 0.264 e. The second-order valence-corrected chi connectivity index (χ2v) is 10.8. The van der Waals surface area contributed by atoms with Crippen molar-refractivity contribution in [3.8, 4) is 17.2 Å². The van der Waals surface area contributed by atoms with E-state index in [1.807, 2.05) is 0 Å². The minimum atomic E-state index is -4.10. The maximum atomic E-state index is 13.5. The molecule has 0 aliphatic rings. The number of carbonyl (C=O) groups excluding carboxylic acids is 2. The first-order valence-corrected chi connectivity index (χ1v) is 14.4. The molecule has 0 fully saturated rings. The molecule has 0 saturated heterocycles. The molecule has 43 heavy (non-hydrogen) atoms. The fourth-order valence-electron chi connectivity index (χ4n) is 3.87. The van der Waals surface area contributed by atoms with E-state index in [0.29, 0.717) is 28.5 Å². The van der Waals surface area contributed by atoms with Crippen LogP contribution in [0.2, 0.25) is 0 Å². The number of ether oxygens (including phenoxy) is 3. The molecule has 0 aliphatic heterocycles. The molecule has 222 valence electrons. The number of hydrazone groups is 1. The first-order chi connectivity index (χ1) is 20.8. The molecule has 0 aromatic heterocycles. The number of hydrogen-bond donors (Lipinski definition) is 2. The second-order valence-electron chi connectivity index (χ2n) is 8.92. The third-order valence-corrected chi connectivity index (χ3v) is 7.77. The third kappa shape index (κ3) is 8.33. The standard InChI is InChI=1S/C31H30N4O7S/c1-40-25-18-14-24(15-19-25)33-31(37)22-42-26-16-12-23(13-17-26)20-32-34-30(36)21-35(28-10-6-7-11-29(28)41-2)43(38,39)27-8-4-3-5-9-27/h3-20H,21-22H2,1-2H3,(H,33,37)(H,34,36)/b32-20-. The Kier molecular flexibility index (Phi) is 10.3. The Balaban J connectivity index is 1.34. The lowest BCUT2D eigenvalue weighted by Gasteiger charge is -2.25. The highest BCUT2D eigenvalue weighted by atomic mass is 32.2. The number of benzene rings is 4. The van der Waals surface area contributed by atoms with E-state index in [4.69, 9.17) is 14.2 Å². The van der Waals surface area contributed by atoms with Crippen LogP contribution in [0.3, 0.4) is 0 Å². The van der Waals surface area contributed by atoms with Gasteiger partial charge >= 0.3 is 0 Å². The van der Waals surface area contributed by atoms with Crippen LogP contribution in [-0.2, 0) is 19.6 Å². The summed E-state index contributed by atoms with van der Waals surface area (Å²) >= 11 is 0. The van der Waals surface area contributed by atoms with E-state index in [-0.39, 0.29) is 23.1 Å². The third-order valence-electron chi connectivity index (χ3n) is 6.00. The van der Waals surface area contributed by atoms with E-state index in [1.54, 1.807) is 98.1 Å². The number of methoxy groups -OCH3 is 2. The molecular formula is C31H30N4O7S. The number of carbonyl (C=O) groups is 2. The molecule has 4 rings (SSSR count). The van der Waals surface area contributed by atoms with Crippen LogP contribution < -0.4 is 29.3 Å². The number of para-hydroxylation sites is 2. The highest BCUT2D eigenvalue weighted by molar-refractivity contribution is 7.92. The number of nitrogens with one attached hydrogen (secondary N) is 2. The normalized spacial score (nSPS) is 11.0. The molecule has 12 heteroatoms. The van der Waals surface area contributed by atoms with Gasteiger partial charge in [0.25, 0.3) is 21.8 Å². The zero-order valence-electron chi connectivity index (χ0n) is 23.5. The van der Waals surface area contributed by atoms with Crippen LogP contribution in [0.25, 0.3) is 0 Å². The molecule has 0 bridgehead atoms. The first kappa shape index (κ1) is 30.6.